The summed E-state index contributed by atoms with van der Waals surface area (Å²) in [4.78, 5) is 0. The molecule has 98 valence electrons. The maximum atomic E-state index is 10.2. The van der Waals surface area contributed by atoms with Gasteiger partial charge in [-0.05, 0) is 24.1 Å². The van der Waals surface area contributed by atoms with Crippen molar-refractivity contribution in [3.8, 4) is 0 Å². The van der Waals surface area contributed by atoms with Crippen molar-refractivity contribution in [2.75, 3.05) is 0 Å². The van der Waals surface area contributed by atoms with E-state index in [1.807, 2.05) is 6.07 Å². The zero-order valence-electron chi connectivity index (χ0n) is 10.2. The van der Waals surface area contributed by atoms with Gasteiger partial charge in [0.2, 0.25) is 0 Å². The Labute approximate surface area is 111 Å². The highest BCUT2D eigenvalue weighted by Gasteiger charge is 2.18. The van der Waals surface area contributed by atoms with Crippen LogP contribution in [0.15, 0.2) is 23.3 Å². The van der Waals surface area contributed by atoms with E-state index in [0.717, 1.165) is 30.4 Å². The van der Waals surface area contributed by atoms with Gasteiger partial charge in [-0.2, -0.15) is 0 Å². The Hall–Kier alpha value is -1.30. The molecule has 0 saturated carbocycles. The smallest absolute Gasteiger partial charge is 0.170 e. The molecule has 1 aliphatic rings. The summed E-state index contributed by atoms with van der Waals surface area (Å²) < 4.78 is 0. The SMILES string of the molecule is CCCCC(O)c1ccc(Cl)cc1C1=NNNN1. The van der Waals surface area contributed by atoms with E-state index < -0.39 is 6.10 Å². The number of hydrogen-bond acceptors (Lipinski definition) is 5. The van der Waals surface area contributed by atoms with Gasteiger partial charge >= 0.3 is 0 Å². The zero-order valence-corrected chi connectivity index (χ0v) is 11.0. The second-order valence-electron chi connectivity index (χ2n) is 4.21. The fourth-order valence-electron chi connectivity index (χ4n) is 1.90. The van der Waals surface area contributed by atoms with Gasteiger partial charge in [-0.1, -0.05) is 37.4 Å². The van der Waals surface area contributed by atoms with Crippen LogP contribution in [0, 0.1) is 0 Å². The molecule has 0 spiro atoms. The zero-order chi connectivity index (χ0) is 13.0. The van der Waals surface area contributed by atoms with Crippen LogP contribution in [0.1, 0.15) is 43.4 Å². The van der Waals surface area contributed by atoms with Gasteiger partial charge in [0.15, 0.2) is 5.84 Å². The second-order valence-corrected chi connectivity index (χ2v) is 4.65. The summed E-state index contributed by atoms with van der Waals surface area (Å²) in [5, 5.41) is 14.9. The molecule has 2 rings (SSSR count). The van der Waals surface area contributed by atoms with Crippen molar-refractivity contribution in [3.05, 3.63) is 34.3 Å². The Morgan fingerprint density at radius 1 is 1.44 bits per heavy atom. The number of halogens is 1. The maximum absolute atomic E-state index is 10.2. The van der Waals surface area contributed by atoms with E-state index >= 15 is 0 Å². The Balaban J connectivity index is 2.28. The fraction of sp³-hybridized carbons (Fsp3) is 0.417. The molecule has 0 bridgehead atoms. The van der Waals surface area contributed by atoms with E-state index in [1.54, 1.807) is 12.1 Å². The maximum Gasteiger partial charge on any atom is 0.170 e. The monoisotopic (exact) mass is 268 g/mol. The molecule has 4 N–H and O–H groups in total. The minimum absolute atomic E-state index is 0.498. The number of aliphatic hydroxyl groups excluding tert-OH is 1. The lowest BCUT2D eigenvalue weighted by molar-refractivity contribution is 0.164. The van der Waals surface area contributed by atoms with Crippen molar-refractivity contribution < 1.29 is 5.11 Å². The Morgan fingerprint density at radius 2 is 2.28 bits per heavy atom. The lowest BCUT2D eigenvalue weighted by Gasteiger charge is -2.15. The molecule has 6 heteroatoms. The molecule has 0 radical (unpaired) electrons. The number of hydrazone groups is 1. The van der Waals surface area contributed by atoms with E-state index in [-0.39, 0.29) is 0 Å². The van der Waals surface area contributed by atoms with Crippen molar-refractivity contribution in [1.82, 2.24) is 16.5 Å². The summed E-state index contributed by atoms with van der Waals surface area (Å²) in [7, 11) is 0. The van der Waals surface area contributed by atoms with Gasteiger partial charge in [-0.25, -0.2) is 5.53 Å². The highest BCUT2D eigenvalue weighted by Crippen LogP contribution is 2.26. The number of hydrazine groups is 2. The van der Waals surface area contributed by atoms with Gasteiger partial charge in [-0.3, -0.25) is 5.43 Å². The number of amidine groups is 1. The first kappa shape index (κ1) is 13.1. The molecule has 18 heavy (non-hydrogen) atoms. The molecule has 1 unspecified atom stereocenters. The summed E-state index contributed by atoms with van der Waals surface area (Å²) in [6, 6.07) is 5.43. The third-order valence-electron chi connectivity index (χ3n) is 2.87. The Bertz CT molecular complexity index is 450. The van der Waals surface area contributed by atoms with Crippen molar-refractivity contribution in [2.24, 2.45) is 5.10 Å². The molecule has 5 nitrogen and oxygen atoms in total. The largest absolute Gasteiger partial charge is 0.388 e. The number of nitrogens with one attached hydrogen (secondary N) is 3. The van der Waals surface area contributed by atoms with Crippen LogP contribution in [0.3, 0.4) is 0 Å². The standard InChI is InChI=1S/C12H17ClN4O/c1-2-3-4-11(18)9-6-5-8(13)7-10(9)12-14-16-17-15-12/h5-7,11,16-18H,2-4H2,1H3,(H,14,15). The quantitative estimate of drug-likeness (QED) is 0.658. The molecule has 1 atom stereocenters. The van der Waals surface area contributed by atoms with Gasteiger partial charge in [-0.15, -0.1) is 10.6 Å². The predicted octanol–water partition coefficient (Wildman–Crippen LogP) is 1.84. The first-order valence-corrected chi connectivity index (χ1v) is 6.41. The van der Waals surface area contributed by atoms with Crippen LogP contribution < -0.4 is 16.5 Å². The molecule has 1 aromatic carbocycles. The summed E-state index contributed by atoms with van der Waals surface area (Å²) in [6.45, 7) is 2.10. The van der Waals surface area contributed by atoms with E-state index in [2.05, 4.69) is 28.5 Å². The molecular weight excluding hydrogens is 252 g/mol. The topological polar surface area (TPSA) is 68.7 Å². The first-order chi connectivity index (χ1) is 8.72. The summed E-state index contributed by atoms with van der Waals surface area (Å²) >= 11 is 6.00. The van der Waals surface area contributed by atoms with Crippen LogP contribution in [-0.2, 0) is 0 Å². The highest BCUT2D eigenvalue weighted by molar-refractivity contribution is 6.31. The number of hydrogen-bond donors (Lipinski definition) is 4. The minimum Gasteiger partial charge on any atom is -0.388 e. The van der Waals surface area contributed by atoms with E-state index in [9.17, 15) is 5.11 Å². The lowest BCUT2D eigenvalue weighted by Crippen LogP contribution is -2.35. The van der Waals surface area contributed by atoms with Crippen molar-refractivity contribution in [3.63, 3.8) is 0 Å². The number of aliphatic hydroxyl groups is 1. The highest BCUT2D eigenvalue weighted by atomic mass is 35.5. The number of nitrogens with zero attached hydrogens (tertiary/aromatic N) is 1. The van der Waals surface area contributed by atoms with Gasteiger partial charge in [0.25, 0.3) is 0 Å². The minimum atomic E-state index is -0.498. The van der Waals surface area contributed by atoms with Gasteiger partial charge in [0.1, 0.15) is 0 Å². The first-order valence-electron chi connectivity index (χ1n) is 6.04. The Kier molecular flexibility index (Phi) is 4.41. The lowest BCUT2D eigenvalue weighted by atomic mass is 9.98. The van der Waals surface area contributed by atoms with E-state index in [4.69, 9.17) is 11.6 Å². The van der Waals surface area contributed by atoms with Crippen molar-refractivity contribution in [2.45, 2.75) is 32.3 Å². The van der Waals surface area contributed by atoms with Crippen molar-refractivity contribution in [1.29, 1.82) is 0 Å². The number of benzene rings is 1. The third kappa shape index (κ3) is 2.93. The average Bonchev–Trinajstić information content (AvgIpc) is 2.89. The molecule has 1 heterocycles. The molecule has 1 aromatic rings. The van der Waals surface area contributed by atoms with Crippen LogP contribution in [0.4, 0.5) is 0 Å². The van der Waals surface area contributed by atoms with Crippen LogP contribution in [0.2, 0.25) is 5.02 Å². The average molecular weight is 269 g/mol. The summed E-state index contributed by atoms with van der Waals surface area (Å²) in [5.74, 6) is 0.628. The van der Waals surface area contributed by atoms with Crippen LogP contribution in [0.25, 0.3) is 0 Å². The van der Waals surface area contributed by atoms with Crippen LogP contribution >= 0.6 is 11.6 Å². The number of unbranched alkanes of at least 4 members (excludes halogenated alkanes) is 1. The molecule has 0 saturated heterocycles. The van der Waals surface area contributed by atoms with E-state index in [1.165, 1.54) is 0 Å². The second kappa shape index (κ2) is 6.04. The summed E-state index contributed by atoms with van der Waals surface area (Å²) in [5.41, 5.74) is 9.79. The van der Waals surface area contributed by atoms with Crippen LogP contribution in [0.5, 0.6) is 0 Å². The van der Waals surface area contributed by atoms with Crippen molar-refractivity contribution >= 4 is 17.4 Å². The fourth-order valence-corrected chi connectivity index (χ4v) is 2.08. The third-order valence-corrected chi connectivity index (χ3v) is 3.10. The van der Waals surface area contributed by atoms with Gasteiger partial charge in [0, 0.05) is 10.6 Å². The summed E-state index contributed by atoms with van der Waals surface area (Å²) in [6.07, 6.45) is 2.28. The molecule has 0 fully saturated rings. The predicted molar refractivity (Wildman–Crippen MR) is 71.9 cm³/mol. The molecule has 0 amide bonds. The van der Waals surface area contributed by atoms with Crippen LogP contribution in [-0.4, -0.2) is 10.9 Å². The molecule has 1 aliphatic heterocycles. The molecular formula is C12H17ClN4O. The number of rotatable bonds is 5. The van der Waals surface area contributed by atoms with Gasteiger partial charge in [0.05, 0.1) is 6.10 Å². The van der Waals surface area contributed by atoms with Gasteiger partial charge < -0.3 is 5.11 Å². The normalized spacial score (nSPS) is 15.8. The Morgan fingerprint density at radius 3 is 2.94 bits per heavy atom. The molecule has 0 aromatic heterocycles. The van der Waals surface area contributed by atoms with E-state index in [0.29, 0.717) is 10.9 Å². The molecule has 0 aliphatic carbocycles.